The molecule has 0 bridgehead atoms. The third-order valence-electron chi connectivity index (χ3n) is 2.65. The lowest BCUT2D eigenvalue weighted by molar-refractivity contribution is 0.102. The Labute approximate surface area is 117 Å². The Morgan fingerprint density at radius 2 is 2.10 bits per heavy atom. The van der Waals surface area contributed by atoms with Crippen LogP contribution < -0.4 is 10.6 Å². The van der Waals surface area contributed by atoms with Gasteiger partial charge in [-0.15, -0.1) is 0 Å². The number of carbonyl (C=O) groups excluding carboxylic acids is 1. The number of benzene rings is 1. The summed E-state index contributed by atoms with van der Waals surface area (Å²) in [5, 5.41) is 5.80. The number of hydrogen-bond acceptors (Lipinski definition) is 3. The Bertz CT molecular complexity index is 601. The second-order valence-corrected chi connectivity index (χ2v) is 4.32. The van der Waals surface area contributed by atoms with Gasteiger partial charge in [-0.1, -0.05) is 13.0 Å². The summed E-state index contributed by atoms with van der Waals surface area (Å²) in [5.74, 6) is -0.759. The fourth-order valence-corrected chi connectivity index (χ4v) is 1.70. The molecule has 104 valence electrons. The lowest BCUT2D eigenvalue weighted by atomic mass is 10.2. The average Bonchev–Trinajstić information content (AvgIpc) is 2.45. The zero-order valence-electron chi connectivity index (χ0n) is 11.2. The highest BCUT2D eigenvalue weighted by molar-refractivity contribution is 6.03. The molecule has 20 heavy (non-hydrogen) atoms. The van der Waals surface area contributed by atoms with E-state index in [0.717, 1.165) is 18.7 Å². The smallest absolute Gasteiger partial charge is 0.274 e. The third kappa shape index (κ3) is 3.78. The van der Waals surface area contributed by atoms with E-state index in [1.165, 1.54) is 18.2 Å². The number of anilines is 2. The van der Waals surface area contributed by atoms with Gasteiger partial charge in [-0.3, -0.25) is 9.78 Å². The van der Waals surface area contributed by atoms with Crippen LogP contribution in [0.3, 0.4) is 0 Å². The first-order valence-electron chi connectivity index (χ1n) is 6.46. The molecule has 1 aromatic heterocycles. The van der Waals surface area contributed by atoms with Crippen LogP contribution in [-0.2, 0) is 0 Å². The molecule has 0 aliphatic carbocycles. The molecule has 0 aliphatic rings. The van der Waals surface area contributed by atoms with Crippen molar-refractivity contribution >= 4 is 17.3 Å². The van der Waals surface area contributed by atoms with Crippen molar-refractivity contribution in [3.8, 4) is 0 Å². The minimum atomic E-state index is -0.394. The molecule has 1 heterocycles. The van der Waals surface area contributed by atoms with E-state index in [1.54, 1.807) is 24.4 Å². The molecule has 0 aliphatic heterocycles. The molecule has 2 N–H and O–H groups in total. The second kappa shape index (κ2) is 6.65. The summed E-state index contributed by atoms with van der Waals surface area (Å²) in [4.78, 5) is 16.0. The second-order valence-electron chi connectivity index (χ2n) is 4.32. The van der Waals surface area contributed by atoms with Crippen LogP contribution in [0.5, 0.6) is 0 Å². The van der Waals surface area contributed by atoms with Crippen molar-refractivity contribution in [3.63, 3.8) is 0 Å². The molecule has 0 spiro atoms. The van der Waals surface area contributed by atoms with Crippen molar-refractivity contribution in [2.45, 2.75) is 13.3 Å². The van der Waals surface area contributed by atoms with Gasteiger partial charge in [-0.2, -0.15) is 0 Å². The molecule has 0 radical (unpaired) electrons. The molecule has 0 fully saturated rings. The lowest BCUT2D eigenvalue weighted by Gasteiger charge is -2.07. The summed E-state index contributed by atoms with van der Waals surface area (Å²) in [6, 6.07) is 9.22. The predicted octanol–water partition coefficient (Wildman–Crippen LogP) is 3.29. The molecule has 2 aromatic rings. The maximum atomic E-state index is 13.0. The first-order chi connectivity index (χ1) is 9.69. The van der Waals surface area contributed by atoms with Crippen LogP contribution in [0.4, 0.5) is 15.8 Å². The zero-order valence-corrected chi connectivity index (χ0v) is 11.2. The fraction of sp³-hybridized carbons (Fsp3) is 0.200. The number of aromatic nitrogens is 1. The third-order valence-corrected chi connectivity index (χ3v) is 2.65. The van der Waals surface area contributed by atoms with Crippen molar-refractivity contribution < 1.29 is 9.18 Å². The number of carbonyl (C=O) groups is 1. The lowest BCUT2D eigenvalue weighted by Crippen LogP contribution is -2.14. The van der Waals surface area contributed by atoms with Crippen molar-refractivity contribution in [3.05, 3.63) is 54.1 Å². The number of nitrogens with one attached hydrogen (secondary N) is 2. The minimum absolute atomic E-state index is 0.287. The van der Waals surface area contributed by atoms with E-state index < -0.39 is 5.82 Å². The van der Waals surface area contributed by atoms with Gasteiger partial charge >= 0.3 is 0 Å². The molecule has 0 unspecified atom stereocenters. The standard InChI is InChI=1S/C15H16FN3O/c1-2-7-17-12-6-8-18-14(10-12)15(20)19-13-5-3-4-11(16)9-13/h3-6,8-10H,2,7H2,1H3,(H,17,18)(H,19,20). The van der Waals surface area contributed by atoms with Crippen LogP contribution in [0.25, 0.3) is 0 Å². The summed E-state index contributed by atoms with van der Waals surface area (Å²) in [5.41, 5.74) is 1.53. The van der Waals surface area contributed by atoms with E-state index in [2.05, 4.69) is 22.5 Å². The highest BCUT2D eigenvalue weighted by atomic mass is 19.1. The van der Waals surface area contributed by atoms with Gasteiger partial charge in [0.15, 0.2) is 0 Å². The van der Waals surface area contributed by atoms with E-state index >= 15 is 0 Å². The van der Waals surface area contributed by atoms with E-state index in [4.69, 9.17) is 0 Å². The quantitative estimate of drug-likeness (QED) is 0.879. The number of rotatable bonds is 5. The normalized spacial score (nSPS) is 10.1. The topological polar surface area (TPSA) is 54.0 Å². The summed E-state index contributed by atoms with van der Waals surface area (Å²) in [6.07, 6.45) is 2.56. The van der Waals surface area contributed by atoms with Gasteiger partial charge in [0, 0.05) is 24.1 Å². The van der Waals surface area contributed by atoms with Crippen molar-refractivity contribution in [2.24, 2.45) is 0 Å². The van der Waals surface area contributed by atoms with E-state index in [9.17, 15) is 9.18 Å². The summed E-state index contributed by atoms with van der Waals surface area (Å²) in [7, 11) is 0. The van der Waals surface area contributed by atoms with Gasteiger partial charge in [0.05, 0.1) is 0 Å². The maximum Gasteiger partial charge on any atom is 0.274 e. The monoisotopic (exact) mass is 273 g/mol. The van der Waals surface area contributed by atoms with E-state index in [1.807, 2.05) is 0 Å². The Morgan fingerprint density at radius 3 is 2.85 bits per heavy atom. The van der Waals surface area contributed by atoms with Gasteiger partial charge in [0.1, 0.15) is 11.5 Å². The predicted molar refractivity (Wildman–Crippen MR) is 77.4 cm³/mol. The molecule has 1 aromatic carbocycles. The van der Waals surface area contributed by atoms with Gasteiger partial charge in [0.25, 0.3) is 5.91 Å². The van der Waals surface area contributed by atoms with Gasteiger partial charge < -0.3 is 10.6 Å². The molecule has 0 atom stereocenters. The van der Waals surface area contributed by atoms with Crippen molar-refractivity contribution in [2.75, 3.05) is 17.2 Å². The molecule has 5 heteroatoms. The highest BCUT2D eigenvalue weighted by Gasteiger charge is 2.08. The average molecular weight is 273 g/mol. The molecule has 4 nitrogen and oxygen atoms in total. The zero-order chi connectivity index (χ0) is 14.4. The van der Waals surface area contributed by atoms with Crippen LogP contribution in [-0.4, -0.2) is 17.4 Å². The van der Waals surface area contributed by atoms with Crippen LogP contribution in [0.1, 0.15) is 23.8 Å². The molecular formula is C15H16FN3O. The molecule has 0 saturated heterocycles. The maximum absolute atomic E-state index is 13.0. The number of amides is 1. The van der Waals surface area contributed by atoms with Crippen LogP contribution in [0, 0.1) is 5.82 Å². The van der Waals surface area contributed by atoms with Crippen LogP contribution >= 0.6 is 0 Å². The van der Waals surface area contributed by atoms with Crippen molar-refractivity contribution in [1.82, 2.24) is 4.98 Å². The first-order valence-corrected chi connectivity index (χ1v) is 6.46. The summed E-state index contributed by atoms with van der Waals surface area (Å²) in [6.45, 7) is 2.89. The number of pyridine rings is 1. The Hall–Kier alpha value is -2.43. The summed E-state index contributed by atoms with van der Waals surface area (Å²) >= 11 is 0. The van der Waals surface area contributed by atoms with Gasteiger partial charge in [0.2, 0.25) is 0 Å². The number of hydrogen-bond donors (Lipinski definition) is 2. The minimum Gasteiger partial charge on any atom is -0.385 e. The Balaban J connectivity index is 2.09. The molecule has 0 saturated carbocycles. The van der Waals surface area contributed by atoms with Crippen LogP contribution in [0.2, 0.25) is 0 Å². The van der Waals surface area contributed by atoms with E-state index in [-0.39, 0.29) is 11.6 Å². The van der Waals surface area contributed by atoms with Crippen LogP contribution in [0.15, 0.2) is 42.6 Å². The molecular weight excluding hydrogens is 257 g/mol. The SMILES string of the molecule is CCCNc1ccnc(C(=O)Nc2cccc(F)c2)c1. The van der Waals surface area contributed by atoms with Gasteiger partial charge in [-0.25, -0.2) is 4.39 Å². The largest absolute Gasteiger partial charge is 0.385 e. The number of nitrogens with zero attached hydrogens (tertiary/aromatic N) is 1. The fourth-order valence-electron chi connectivity index (χ4n) is 1.70. The molecule has 1 amide bonds. The van der Waals surface area contributed by atoms with Crippen molar-refractivity contribution in [1.29, 1.82) is 0 Å². The Kier molecular flexibility index (Phi) is 4.65. The Morgan fingerprint density at radius 1 is 1.25 bits per heavy atom. The van der Waals surface area contributed by atoms with Gasteiger partial charge in [-0.05, 0) is 36.8 Å². The number of halogens is 1. The summed E-state index contributed by atoms with van der Waals surface area (Å²) < 4.78 is 13.0. The first kappa shape index (κ1) is 14.0. The highest BCUT2D eigenvalue weighted by Crippen LogP contribution is 2.12. The van der Waals surface area contributed by atoms with E-state index in [0.29, 0.717) is 5.69 Å². The molecule has 2 rings (SSSR count).